The summed E-state index contributed by atoms with van der Waals surface area (Å²) in [6, 6.07) is 6.44. The van der Waals surface area contributed by atoms with Gasteiger partial charge in [0.2, 0.25) is 5.60 Å². The normalized spacial score (nSPS) is 22.3. The van der Waals surface area contributed by atoms with Crippen LogP contribution in [0.25, 0.3) is 11.3 Å². The van der Waals surface area contributed by atoms with Gasteiger partial charge in [-0.15, -0.1) is 0 Å². The number of carbonyl (C=O) groups is 1. The van der Waals surface area contributed by atoms with Crippen LogP contribution < -0.4 is 15.0 Å². The minimum absolute atomic E-state index is 0.0559. The first-order valence-corrected chi connectivity index (χ1v) is 10.9. The number of aromatic nitrogens is 1. The largest absolute Gasteiger partial charge is 0.491 e. The summed E-state index contributed by atoms with van der Waals surface area (Å²) in [5.41, 5.74) is -0.113. The molecule has 2 aromatic rings. The highest BCUT2D eigenvalue weighted by atomic mass is 35.5. The minimum atomic E-state index is -1.63. The van der Waals surface area contributed by atoms with E-state index in [0.29, 0.717) is 59.1 Å². The van der Waals surface area contributed by atoms with Crippen molar-refractivity contribution < 1.29 is 24.1 Å². The van der Waals surface area contributed by atoms with Crippen LogP contribution in [0.2, 0.25) is 5.02 Å². The standard InChI is InChI=1S/C23H24ClNO6/c1-12(2)23(22(27)28)16-5-6-20(26)25(14-3-4-14)21(16)15-7-17(24)19(8-18(15)31-23)30-11-13-9-29-10-13/h5-8,12-14H,3-4,9-11H2,1-2H3,(H,27,28). The number of benzene rings is 1. The van der Waals surface area contributed by atoms with Crippen LogP contribution in [0.4, 0.5) is 0 Å². The molecule has 0 amide bonds. The van der Waals surface area contributed by atoms with E-state index in [1.54, 1.807) is 36.6 Å². The Morgan fingerprint density at radius 2 is 2.06 bits per heavy atom. The van der Waals surface area contributed by atoms with Crippen molar-refractivity contribution in [3.63, 3.8) is 0 Å². The van der Waals surface area contributed by atoms with Gasteiger partial charge in [0.05, 0.1) is 30.5 Å². The molecule has 5 rings (SSSR count). The molecule has 1 aromatic carbocycles. The Labute approximate surface area is 184 Å². The molecule has 1 atom stereocenters. The number of carboxylic acids is 1. The van der Waals surface area contributed by atoms with Gasteiger partial charge in [-0.05, 0) is 25.0 Å². The maximum absolute atomic E-state index is 12.8. The highest BCUT2D eigenvalue weighted by Gasteiger charge is 2.52. The summed E-state index contributed by atoms with van der Waals surface area (Å²) in [6.45, 7) is 5.36. The van der Waals surface area contributed by atoms with E-state index in [1.165, 1.54) is 6.07 Å². The van der Waals surface area contributed by atoms with Crippen molar-refractivity contribution in [3.8, 4) is 22.8 Å². The van der Waals surface area contributed by atoms with Crippen molar-refractivity contribution in [1.82, 2.24) is 4.57 Å². The van der Waals surface area contributed by atoms with Crippen molar-refractivity contribution in [1.29, 1.82) is 0 Å². The predicted octanol–water partition coefficient (Wildman–Crippen LogP) is 3.86. The predicted molar refractivity (Wildman–Crippen MR) is 114 cm³/mol. The molecule has 0 spiro atoms. The van der Waals surface area contributed by atoms with E-state index < -0.39 is 17.5 Å². The van der Waals surface area contributed by atoms with Crippen LogP contribution in [0.5, 0.6) is 11.5 Å². The maximum Gasteiger partial charge on any atom is 0.353 e. The summed E-state index contributed by atoms with van der Waals surface area (Å²) in [6.07, 6.45) is 1.76. The molecule has 31 heavy (non-hydrogen) atoms. The van der Waals surface area contributed by atoms with Crippen LogP contribution in [0.3, 0.4) is 0 Å². The van der Waals surface area contributed by atoms with Crippen molar-refractivity contribution in [2.45, 2.75) is 38.3 Å². The zero-order chi connectivity index (χ0) is 21.9. The van der Waals surface area contributed by atoms with Gasteiger partial charge in [-0.3, -0.25) is 4.79 Å². The number of fused-ring (bicyclic) bond motifs is 3. The fourth-order valence-corrected chi connectivity index (χ4v) is 4.61. The molecule has 0 bridgehead atoms. The van der Waals surface area contributed by atoms with E-state index in [1.807, 2.05) is 0 Å². The third-order valence-electron chi connectivity index (χ3n) is 6.31. The number of ether oxygens (including phenoxy) is 3. The van der Waals surface area contributed by atoms with Gasteiger partial charge in [0.1, 0.15) is 11.5 Å². The zero-order valence-corrected chi connectivity index (χ0v) is 18.1. The SMILES string of the molecule is CC(C)C1(C(=O)O)Oc2cc(OCC3COC3)c(Cl)cc2-c2c1ccc(=O)n2C1CC1. The van der Waals surface area contributed by atoms with Crippen LogP contribution in [-0.4, -0.2) is 35.5 Å². The average molecular weight is 446 g/mol. The highest BCUT2D eigenvalue weighted by molar-refractivity contribution is 6.32. The van der Waals surface area contributed by atoms with Crippen LogP contribution in [-0.2, 0) is 15.1 Å². The molecular weight excluding hydrogens is 422 g/mol. The molecule has 164 valence electrons. The molecule has 1 saturated carbocycles. The Bertz CT molecular complexity index is 1120. The molecule has 8 heteroatoms. The van der Waals surface area contributed by atoms with Crippen molar-refractivity contribution >= 4 is 17.6 Å². The van der Waals surface area contributed by atoms with Gasteiger partial charge in [0.25, 0.3) is 5.56 Å². The molecule has 7 nitrogen and oxygen atoms in total. The second kappa shape index (κ2) is 7.28. The van der Waals surface area contributed by atoms with Crippen LogP contribution >= 0.6 is 11.6 Å². The van der Waals surface area contributed by atoms with Gasteiger partial charge in [0, 0.05) is 41.1 Å². The fraction of sp³-hybridized carbons (Fsp3) is 0.478. The Balaban J connectivity index is 1.71. The average Bonchev–Trinajstić information content (AvgIpc) is 3.51. The lowest BCUT2D eigenvalue weighted by Gasteiger charge is -2.40. The second-order valence-electron chi connectivity index (χ2n) is 8.83. The summed E-state index contributed by atoms with van der Waals surface area (Å²) in [5.74, 6) is -0.404. The first kappa shape index (κ1) is 20.4. The first-order chi connectivity index (χ1) is 14.8. The number of hydrogen-bond donors (Lipinski definition) is 1. The van der Waals surface area contributed by atoms with Crippen LogP contribution in [0.15, 0.2) is 29.1 Å². The van der Waals surface area contributed by atoms with E-state index in [0.717, 1.165) is 12.8 Å². The molecule has 1 unspecified atom stereocenters. The quantitative estimate of drug-likeness (QED) is 0.726. The van der Waals surface area contributed by atoms with Crippen molar-refractivity contribution in [3.05, 3.63) is 45.2 Å². The van der Waals surface area contributed by atoms with Gasteiger partial charge < -0.3 is 23.9 Å². The Kier molecular flexibility index (Phi) is 4.79. The summed E-state index contributed by atoms with van der Waals surface area (Å²) in [5, 5.41) is 10.7. The number of rotatable bonds is 6. The summed E-state index contributed by atoms with van der Waals surface area (Å²) < 4.78 is 19.0. The minimum Gasteiger partial charge on any atom is -0.491 e. The molecule has 1 aromatic heterocycles. The number of aliphatic carboxylic acids is 1. The molecule has 3 heterocycles. The van der Waals surface area contributed by atoms with Gasteiger partial charge in [0.15, 0.2) is 0 Å². The molecule has 3 aliphatic rings. The van der Waals surface area contributed by atoms with Crippen molar-refractivity contribution in [2.24, 2.45) is 11.8 Å². The molecular formula is C23H24ClNO6. The summed E-state index contributed by atoms with van der Waals surface area (Å²) in [7, 11) is 0. The van der Waals surface area contributed by atoms with E-state index >= 15 is 0 Å². The lowest BCUT2D eigenvalue weighted by molar-refractivity contribution is -0.161. The zero-order valence-electron chi connectivity index (χ0n) is 17.4. The number of pyridine rings is 1. The summed E-state index contributed by atoms with van der Waals surface area (Å²) >= 11 is 6.54. The topological polar surface area (TPSA) is 87.0 Å². The number of carboxylic acid groups (broad SMARTS) is 1. The molecule has 2 fully saturated rings. The van der Waals surface area contributed by atoms with E-state index in [-0.39, 0.29) is 11.6 Å². The van der Waals surface area contributed by atoms with Gasteiger partial charge >= 0.3 is 5.97 Å². The number of nitrogens with zero attached hydrogens (tertiary/aromatic N) is 1. The van der Waals surface area contributed by atoms with E-state index in [2.05, 4.69) is 0 Å². The molecule has 1 N–H and O–H groups in total. The second-order valence-corrected chi connectivity index (χ2v) is 9.23. The van der Waals surface area contributed by atoms with E-state index in [4.69, 9.17) is 25.8 Å². The lowest BCUT2D eigenvalue weighted by Crippen LogP contribution is -2.49. The lowest BCUT2D eigenvalue weighted by atomic mass is 9.78. The van der Waals surface area contributed by atoms with E-state index in [9.17, 15) is 14.7 Å². The van der Waals surface area contributed by atoms with Crippen molar-refractivity contribution in [2.75, 3.05) is 19.8 Å². The van der Waals surface area contributed by atoms with Gasteiger partial charge in [-0.2, -0.15) is 0 Å². The van der Waals surface area contributed by atoms with Gasteiger partial charge in [-0.1, -0.05) is 25.4 Å². The van der Waals surface area contributed by atoms with Gasteiger partial charge in [-0.25, -0.2) is 4.79 Å². The third kappa shape index (κ3) is 3.13. The van der Waals surface area contributed by atoms with Crippen LogP contribution in [0, 0.1) is 11.8 Å². The number of hydrogen-bond acceptors (Lipinski definition) is 5. The number of halogens is 1. The molecule has 1 saturated heterocycles. The Morgan fingerprint density at radius 3 is 2.65 bits per heavy atom. The highest BCUT2D eigenvalue weighted by Crippen LogP contribution is 2.52. The summed E-state index contributed by atoms with van der Waals surface area (Å²) in [4.78, 5) is 25.4. The third-order valence-corrected chi connectivity index (χ3v) is 6.61. The smallest absolute Gasteiger partial charge is 0.353 e. The Hall–Kier alpha value is -2.51. The first-order valence-electron chi connectivity index (χ1n) is 10.6. The monoisotopic (exact) mass is 445 g/mol. The molecule has 2 aliphatic heterocycles. The molecule has 1 aliphatic carbocycles. The Morgan fingerprint density at radius 1 is 1.32 bits per heavy atom. The maximum atomic E-state index is 12.8. The van der Waals surface area contributed by atoms with Crippen LogP contribution in [0.1, 0.15) is 38.3 Å². The fourth-order valence-electron chi connectivity index (χ4n) is 4.39. The molecule has 0 radical (unpaired) electrons.